The highest BCUT2D eigenvalue weighted by Crippen LogP contribution is 2.26. The molecule has 0 aromatic heterocycles. The SMILES string of the molecule is Nc1ccc(-c2ccc(-c3ccc(S)cc3)cc2)cc1. The monoisotopic (exact) mass is 277 g/mol. The molecule has 1 nitrogen and oxygen atoms in total. The predicted molar refractivity (Wildman–Crippen MR) is 89.0 cm³/mol. The Balaban J connectivity index is 1.91. The highest BCUT2D eigenvalue weighted by molar-refractivity contribution is 7.80. The summed E-state index contributed by atoms with van der Waals surface area (Å²) in [4.78, 5) is 0.979. The van der Waals surface area contributed by atoms with Crippen LogP contribution in [0, 0.1) is 0 Å². The fourth-order valence-corrected chi connectivity index (χ4v) is 2.33. The van der Waals surface area contributed by atoms with E-state index in [2.05, 4.69) is 49.0 Å². The van der Waals surface area contributed by atoms with Gasteiger partial charge in [0.2, 0.25) is 0 Å². The number of rotatable bonds is 2. The quantitative estimate of drug-likeness (QED) is 0.506. The van der Waals surface area contributed by atoms with Crippen LogP contribution in [0.25, 0.3) is 22.3 Å². The van der Waals surface area contributed by atoms with E-state index >= 15 is 0 Å². The van der Waals surface area contributed by atoms with Crippen molar-refractivity contribution in [2.24, 2.45) is 0 Å². The van der Waals surface area contributed by atoms with Crippen molar-refractivity contribution in [1.82, 2.24) is 0 Å². The van der Waals surface area contributed by atoms with Gasteiger partial charge >= 0.3 is 0 Å². The molecule has 2 N–H and O–H groups in total. The molecule has 0 amide bonds. The maximum absolute atomic E-state index is 5.71. The molecule has 0 aliphatic heterocycles. The molecule has 0 saturated heterocycles. The Kier molecular flexibility index (Phi) is 3.48. The third-order valence-corrected chi connectivity index (χ3v) is 3.63. The van der Waals surface area contributed by atoms with Crippen LogP contribution in [-0.4, -0.2) is 0 Å². The lowest BCUT2D eigenvalue weighted by Gasteiger charge is -2.05. The molecule has 0 aliphatic carbocycles. The van der Waals surface area contributed by atoms with Crippen molar-refractivity contribution in [3.63, 3.8) is 0 Å². The molecule has 0 bridgehead atoms. The van der Waals surface area contributed by atoms with Crippen LogP contribution < -0.4 is 5.73 Å². The summed E-state index contributed by atoms with van der Waals surface area (Å²) in [5.41, 5.74) is 11.3. The van der Waals surface area contributed by atoms with Gasteiger partial charge in [0.05, 0.1) is 0 Å². The van der Waals surface area contributed by atoms with Crippen molar-refractivity contribution in [2.75, 3.05) is 5.73 Å². The largest absolute Gasteiger partial charge is 0.399 e. The minimum absolute atomic E-state index is 0.789. The van der Waals surface area contributed by atoms with Crippen molar-refractivity contribution in [3.05, 3.63) is 72.8 Å². The number of nitrogens with two attached hydrogens (primary N) is 1. The number of hydrogen-bond acceptors (Lipinski definition) is 2. The Morgan fingerprint density at radius 1 is 0.500 bits per heavy atom. The maximum atomic E-state index is 5.71. The minimum Gasteiger partial charge on any atom is -0.399 e. The van der Waals surface area contributed by atoms with Gasteiger partial charge in [0.1, 0.15) is 0 Å². The predicted octanol–water partition coefficient (Wildman–Crippen LogP) is 4.89. The summed E-state index contributed by atoms with van der Waals surface area (Å²) in [6.07, 6.45) is 0. The first-order chi connectivity index (χ1) is 9.72. The first-order valence-corrected chi connectivity index (χ1v) is 6.92. The first-order valence-electron chi connectivity index (χ1n) is 6.48. The van der Waals surface area contributed by atoms with E-state index < -0.39 is 0 Å². The van der Waals surface area contributed by atoms with Gasteiger partial charge in [0.25, 0.3) is 0 Å². The average molecular weight is 277 g/mol. The zero-order valence-electron chi connectivity index (χ0n) is 11.0. The van der Waals surface area contributed by atoms with Gasteiger partial charge in [-0.3, -0.25) is 0 Å². The molecule has 0 fully saturated rings. The van der Waals surface area contributed by atoms with Gasteiger partial charge in [-0.25, -0.2) is 0 Å². The molecular weight excluding hydrogens is 262 g/mol. The summed E-state index contributed by atoms with van der Waals surface area (Å²) in [5.74, 6) is 0. The van der Waals surface area contributed by atoms with Gasteiger partial charge in [-0.05, 0) is 46.5 Å². The van der Waals surface area contributed by atoms with Crippen LogP contribution in [-0.2, 0) is 0 Å². The van der Waals surface area contributed by atoms with Crippen molar-refractivity contribution in [3.8, 4) is 22.3 Å². The first kappa shape index (κ1) is 12.8. The zero-order valence-corrected chi connectivity index (χ0v) is 11.8. The topological polar surface area (TPSA) is 26.0 Å². The van der Waals surface area contributed by atoms with Crippen molar-refractivity contribution in [1.29, 1.82) is 0 Å². The fourth-order valence-electron chi connectivity index (χ4n) is 2.18. The fraction of sp³-hybridized carbons (Fsp3) is 0. The Morgan fingerprint density at radius 3 is 1.20 bits per heavy atom. The van der Waals surface area contributed by atoms with E-state index in [1.807, 2.05) is 36.4 Å². The van der Waals surface area contributed by atoms with Crippen LogP contribution in [0.3, 0.4) is 0 Å². The summed E-state index contributed by atoms with van der Waals surface area (Å²) < 4.78 is 0. The normalized spacial score (nSPS) is 10.4. The Labute approximate surface area is 124 Å². The Hall–Kier alpha value is -2.19. The Morgan fingerprint density at radius 2 is 0.800 bits per heavy atom. The van der Waals surface area contributed by atoms with Gasteiger partial charge in [-0.1, -0.05) is 48.5 Å². The van der Waals surface area contributed by atoms with Crippen LogP contribution in [0.5, 0.6) is 0 Å². The highest BCUT2D eigenvalue weighted by Gasteiger charge is 2.00. The molecule has 3 aromatic carbocycles. The second kappa shape index (κ2) is 5.43. The maximum Gasteiger partial charge on any atom is 0.0314 e. The van der Waals surface area contributed by atoms with E-state index in [-0.39, 0.29) is 0 Å². The molecule has 0 saturated carbocycles. The molecule has 0 aliphatic rings. The van der Waals surface area contributed by atoms with Crippen LogP contribution in [0.4, 0.5) is 5.69 Å². The van der Waals surface area contributed by atoms with E-state index in [1.54, 1.807) is 0 Å². The van der Waals surface area contributed by atoms with E-state index in [0.717, 1.165) is 10.6 Å². The number of nitrogen functional groups attached to an aromatic ring is 1. The summed E-state index contributed by atoms with van der Waals surface area (Å²) in [5, 5.41) is 0. The molecule has 3 rings (SSSR count). The van der Waals surface area contributed by atoms with E-state index in [0.29, 0.717) is 0 Å². The molecule has 3 aromatic rings. The zero-order chi connectivity index (χ0) is 13.9. The van der Waals surface area contributed by atoms with Crippen LogP contribution in [0.1, 0.15) is 0 Å². The van der Waals surface area contributed by atoms with Gasteiger partial charge in [-0.15, -0.1) is 12.6 Å². The van der Waals surface area contributed by atoms with E-state index in [9.17, 15) is 0 Å². The van der Waals surface area contributed by atoms with Gasteiger partial charge in [0, 0.05) is 10.6 Å². The average Bonchev–Trinajstić information content (AvgIpc) is 2.49. The summed E-state index contributed by atoms with van der Waals surface area (Å²) in [7, 11) is 0. The summed E-state index contributed by atoms with van der Waals surface area (Å²) in [6.45, 7) is 0. The molecule has 20 heavy (non-hydrogen) atoms. The van der Waals surface area contributed by atoms with Crippen molar-refractivity contribution >= 4 is 18.3 Å². The smallest absolute Gasteiger partial charge is 0.0314 e. The Bertz CT molecular complexity index is 633. The molecule has 2 heteroatoms. The van der Waals surface area contributed by atoms with Gasteiger partial charge < -0.3 is 5.73 Å². The second-order valence-electron chi connectivity index (χ2n) is 4.75. The molecule has 0 spiro atoms. The number of thiol groups is 1. The van der Waals surface area contributed by atoms with Gasteiger partial charge in [0.15, 0.2) is 0 Å². The third-order valence-electron chi connectivity index (χ3n) is 3.33. The standard InChI is InChI=1S/C18H15NS/c19-17-9-5-15(6-10-17)13-1-3-14(4-2-13)16-7-11-18(20)12-8-16/h1-12,20H,19H2. The van der Waals surface area contributed by atoms with E-state index in [4.69, 9.17) is 5.73 Å². The van der Waals surface area contributed by atoms with Crippen molar-refractivity contribution < 1.29 is 0 Å². The second-order valence-corrected chi connectivity index (χ2v) is 5.26. The summed E-state index contributed by atoms with van der Waals surface area (Å²) >= 11 is 4.31. The van der Waals surface area contributed by atoms with Crippen LogP contribution >= 0.6 is 12.6 Å². The molecule has 0 radical (unpaired) electrons. The molecule has 0 atom stereocenters. The third kappa shape index (κ3) is 2.70. The van der Waals surface area contributed by atoms with Crippen LogP contribution in [0.15, 0.2) is 77.7 Å². The lowest BCUT2D eigenvalue weighted by atomic mass is 10.0. The minimum atomic E-state index is 0.789. The molecular formula is C18H15NS. The molecule has 98 valence electrons. The highest BCUT2D eigenvalue weighted by atomic mass is 32.1. The summed E-state index contributed by atoms with van der Waals surface area (Å²) in [6, 6.07) is 24.7. The number of benzene rings is 3. The van der Waals surface area contributed by atoms with Gasteiger partial charge in [-0.2, -0.15) is 0 Å². The number of anilines is 1. The lowest BCUT2D eigenvalue weighted by Crippen LogP contribution is -1.84. The van der Waals surface area contributed by atoms with Crippen LogP contribution in [0.2, 0.25) is 0 Å². The van der Waals surface area contributed by atoms with E-state index in [1.165, 1.54) is 22.3 Å². The number of hydrogen-bond donors (Lipinski definition) is 2. The lowest BCUT2D eigenvalue weighted by molar-refractivity contribution is 1.47. The van der Waals surface area contributed by atoms with Crippen molar-refractivity contribution in [2.45, 2.75) is 4.90 Å². The molecule has 0 heterocycles. The molecule has 0 unspecified atom stereocenters.